The highest BCUT2D eigenvalue weighted by molar-refractivity contribution is 5.70. The Labute approximate surface area is 606 Å². The highest BCUT2D eigenvalue weighted by Gasteiger charge is 2.22. The molecule has 0 heterocycles. The van der Waals surface area contributed by atoms with Crippen LogP contribution in [0.15, 0.2) is 109 Å². The van der Waals surface area contributed by atoms with Gasteiger partial charge in [0.1, 0.15) is 13.2 Å². The number of carbonyl (C=O) groups excluding carboxylic acids is 3. The number of nitrogens with zero attached hydrogens (tertiary/aromatic N) is 1. The van der Waals surface area contributed by atoms with Crippen molar-refractivity contribution >= 4 is 17.9 Å². The zero-order chi connectivity index (χ0) is 71.1. The van der Waals surface area contributed by atoms with E-state index in [1.807, 2.05) is 21.1 Å². The Kier molecular flexibility index (Phi) is 75.4. The van der Waals surface area contributed by atoms with Crippen LogP contribution in [0, 0.1) is 0 Å². The van der Waals surface area contributed by atoms with Crippen molar-refractivity contribution in [3.63, 3.8) is 0 Å². The molecule has 0 rings (SSSR count). The van der Waals surface area contributed by atoms with Crippen LogP contribution < -0.4 is 5.11 Å². The maximum atomic E-state index is 13.0. The van der Waals surface area contributed by atoms with E-state index in [1.165, 1.54) is 238 Å². The molecule has 9 heteroatoms. The van der Waals surface area contributed by atoms with Gasteiger partial charge in [0.2, 0.25) is 0 Å². The van der Waals surface area contributed by atoms with Crippen molar-refractivity contribution in [2.24, 2.45) is 0 Å². The number of carboxylic acids is 1. The molecule has 0 bridgehead atoms. The first kappa shape index (κ1) is 93.9. The lowest BCUT2D eigenvalue weighted by Crippen LogP contribution is -2.44. The zero-order valence-electron chi connectivity index (χ0n) is 64.9. The van der Waals surface area contributed by atoms with E-state index < -0.39 is 24.3 Å². The Balaban J connectivity index is 4.03. The maximum absolute atomic E-state index is 13.0. The Morgan fingerprint density at radius 3 is 0.867 bits per heavy atom. The van der Waals surface area contributed by atoms with E-state index in [9.17, 15) is 19.5 Å². The molecular formula is C89H157NO8. The van der Waals surface area contributed by atoms with Gasteiger partial charge in [-0.1, -0.05) is 393 Å². The van der Waals surface area contributed by atoms with Crippen LogP contribution >= 0.6 is 0 Å². The number of unbranched alkanes of at least 4 members (excludes halogenated alkanes) is 44. The molecule has 0 fully saturated rings. The summed E-state index contributed by atoms with van der Waals surface area (Å²) in [5, 5.41) is 11.9. The van der Waals surface area contributed by atoms with E-state index in [1.54, 1.807) is 0 Å². The molecular weight excluding hydrogens is 1210 g/mol. The van der Waals surface area contributed by atoms with Gasteiger partial charge in [-0.25, -0.2) is 0 Å². The maximum Gasteiger partial charge on any atom is 0.306 e. The van der Waals surface area contributed by atoms with E-state index in [2.05, 4.69) is 123 Å². The molecule has 98 heavy (non-hydrogen) atoms. The molecule has 0 aromatic rings. The summed E-state index contributed by atoms with van der Waals surface area (Å²) in [6.07, 6.45) is 108. The minimum absolute atomic E-state index is 0.140. The molecule has 0 radical (unpaired) electrons. The monoisotopic (exact) mass is 1370 g/mol. The molecule has 566 valence electrons. The van der Waals surface area contributed by atoms with Crippen LogP contribution in [-0.4, -0.2) is 82.3 Å². The summed E-state index contributed by atoms with van der Waals surface area (Å²) in [6.45, 7) is 4.65. The Morgan fingerprint density at radius 1 is 0.316 bits per heavy atom. The number of allylic oxidation sites excluding steroid dienone is 18. The first-order chi connectivity index (χ1) is 48.1. The number of likely N-dealkylation sites (N-methyl/N-ethyl adjacent to an activating group) is 1. The quantitative estimate of drug-likeness (QED) is 0.0195. The van der Waals surface area contributed by atoms with Gasteiger partial charge in [0.25, 0.3) is 0 Å². The van der Waals surface area contributed by atoms with E-state index >= 15 is 0 Å². The third kappa shape index (κ3) is 79.3. The standard InChI is InChI=1S/C89H157NO8/c1-6-8-10-12-14-16-18-20-22-24-26-28-30-32-34-36-38-40-41-42-43-44-45-46-48-49-51-53-55-57-59-61-63-65-67-69-71-73-75-77-79-86(91)96-83-85(84-97-89(88(93)94)95-82-81-90(3,4)5)98-87(92)80-78-76-74-72-70-68-66-64-62-60-58-56-54-52-50-47-39-37-35-33-31-29-27-25-23-21-19-17-15-13-11-9-7-2/h9,11,15,17,21,23,27,29,33,35,39,47,52,54,58,60,64,66,85,89H,6-8,10,12-14,16,18-20,22,24-26,28,30-32,34,36-38,40-46,48-51,53,55-57,59,61-63,65,67-84H2,1-5H3/b11-9-,17-15-,23-21-,29-27-,35-33-,47-39-,54-52-,60-58-,66-64-. The molecule has 0 spiro atoms. The number of carboxylic acid groups (broad SMARTS) is 1. The molecule has 0 aromatic carbocycles. The zero-order valence-corrected chi connectivity index (χ0v) is 64.9. The molecule has 0 aliphatic heterocycles. The SMILES string of the molecule is CC/C=C\C/C=C\C/C=C\C/C=C\C/C=C\C/C=C\C/C=C\C/C=C\C/C=C\CCCCCCCC(=O)OC(COC(=O)CCCCCCCCCCCCCCCCCCCCCCCCCCCCCCCCCCCCCCCCCC)COC(OCC[N+](C)(C)C)C(=O)[O-]. The predicted octanol–water partition coefficient (Wildman–Crippen LogP) is 25.5. The average Bonchev–Trinajstić information content (AvgIpc) is 1.14. The van der Waals surface area contributed by atoms with Gasteiger partial charge in [-0.15, -0.1) is 0 Å². The van der Waals surface area contributed by atoms with Gasteiger partial charge < -0.3 is 33.3 Å². The van der Waals surface area contributed by atoms with Crippen LogP contribution in [0.2, 0.25) is 0 Å². The van der Waals surface area contributed by atoms with E-state index in [0.29, 0.717) is 17.4 Å². The van der Waals surface area contributed by atoms with Gasteiger partial charge in [0.05, 0.1) is 40.3 Å². The lowest BCUT2D eigenvalue weighted by atomic mass is 10.0. The molecule has 2 atom stereocenters. The normalized spacial score (nSPS) is 13.2. The molecule has 0 saturated heterocycles. The minimum atomic E-state index is -1.63. The largest absolute Gasteiger partial charge is 0.545 e. The molecule has 0 N–H and O–H groups in total. The summed E-state index contributed by atoms with van der Waals surface area (Å²) < 4.78 is 22.8. The number of hydrogen-bond donors (Lipinski definition) is 0. The average molecular weight is 1370 g/mol. The lowest BCUT2D eigenvalue weighted by molar-refractivity contribution is -0.870. The van der Waals surface area contributed by atoms with Crippen molar-refractivity contribution in [3.05, 3.63) is 109 Å². The fraction of sp³-hybridized carbons (Fsp3) is 0.764. The summed E-state index contributed by atoms with van der Waals surface area (Å²) in [6, 6.07) is 0. The van der Waals surface area contributed by atoms with E-state index in [0.717, 1.165) is 109 Å². The molecule has 0 aromatic heterocycles. The van der Waals surface area contributed by atoms with Gasteiger partial charge in [-0.05, 0) is 83.5 Å². The summed E-state index contributed by atoms with van der Waals surface area (Å²) in [4.78, 5) is 37.6. The number of hydrogen-bond acceptors (Lipinski definition) is 8. The van der Waals surface area contributed by atoms with Gasteiger partial charge in [0.15, 0.2) is 12.4 Å². The van der Waals surface area contributed by atoms with Crippen LogP contribution in [0.4, 0.5) is 0 Å². The van der Waals surface area contributed by atoms with Crippen molar-refractivity contribution in [1.29, 1.82) is 0 Å². The molecule has 9 nitrogen and oxygen atoms in total. The van der Waals surface area contributed by atoms with Crippen molar-refractivity contribution in [2.75, 3.05) is 47.5 Å². The summed E-state index contributed by atoms with van der Waals surface area (Å²) in [5.41, 5.74) is 0. The van der Waals surface area contributed by atoms with Crippen molar-refractivity contribution in [3.8, 4) is 0 Å². The number of rotatable bonds is 77. The minimum Gasteiger partial charge on any atom is -0.545 e. The number of quaternary nitrogens is 1. The van der Waals surface area contributed by atoms with Crippen molar-refractivity contribution in [2.45, 2.75) is 392 Å². The van der Waals surface area contributed by atoms with Crippen LogP contribution in [0.1, 0.15) is 380 Å². The van der Waals surface area contributed by atoms with Crippen LogP contribution in [0.5, 0.6) is 0 Å². The van der Waals surface area contributed by atoms with E-state index in [4.69, 9.17) is 18.9 Å². The third-order valence-electron chi connectivity index (χ3n) is 18.3. The van der Waals surface area contributed by atoms with Gasteiger partial charge >= 0.3 is 11.9 Å². The first-order valence-electron chi connectivity index (χ1n) is 41.5. The molecule has 0 saturated carbocycles. The number of esters is 2. The van der Waals surface area contributed by atoms with Crippen molar-refractivity contribution in [1.82, 2.24) is 0 Å². The molecule has 0 aliphatic carbocycles. The Hall–Kier alpha value is -4.05. The van der Waals surface area contributed by atoms with Crippen LogP contribution in [-0.2, 0) is 33.3 Å². The summed E-state index contributed by atoms with van der Waals surface area (Å²) in [5.74, 6) is -2.30. The highest BCUT2D eigenvalue weighted by atomic mass is 16.7. The topological polar surface area (TPSA) is 111 Å². The molecule has 0 amide bonds. The lowest BCUT2D eigenvalue weighted by Gasteiger charge is -2.26. The smallest absolute Gasteiger partial charge is 0.306 e. The van der Waals surface area contributed by atoms with Gasteiger partial charge in [-0.3, -0.25) is 9.59 Å². The second-order valence-electron chi connectivity index (χ2n) is 29.0. The summed E-state index contributed by atoms with van der Waals surface area (Å²) in [7, 11) is 5.93. The number of ether oxygens (including phenoxy) is 4. The van der Waals surface area contributed by atoms with Gasteiger partial charge in [-0.2, -0.15) is 0 Å². The van der Waals surface area contributed by atoms with E-state index in [-0.39, 0.29) is 38.6 Å². The van der Waals surface area contributed by atoms with Crippen LogP contribution in [0.3, 0.4) is 0 Å². The highest BCUT2D eigenvalue weighted by Crippen LogP contribution is 2.19. The third-order valence-corrected chi connectivity index (χ3v) is 18.3. The fourth-order valence-corrected chi connectivity index (χ4v) is 12.0. The second-order valence-corrected chi connectivity index (χ2v) is 29.0. The summed E-state index contributed by atoms with van der Waals surface area (Å²) >= 11 is 0. The molecule has 2 unspecified atom stereocenters. The van der Waals surface area contributed by atoms with Gasteiger partial charge in [0, 0.05) is 12.8 Å². The Bertz CT molecular complexity index is 1990. The Morgan fingerprint density at radius 2 is 0.582 bits per heavy atom. The fourth-order valence-electron chi connectivity index (χ4n) is 12.0. The van der Waals surface area contributed by atoms with Crippen molar-refractivity contribution < 1.29 is 42.9 Å². The molecule has 0 aliphatic rings. The van der Waals surface area contributed by atoms with Crippen LogP contribution in [0.25, 0.3) is 0 Å². The predicted molar refractivity (Wildman–Crippen MR) is 421 cm³/mol. The number of aliphatic carboxylic acids is 1. The first-order valence-corrected chi connectivity index (χ1v) is 41.5. The second kappa shape index (κ2) is 78.7. The number of carbonyl (C=O) groups is 3.